The van der Waals surface area contributed by atoms with Crippen LogP contribution in [-0.2, 0) is 0 Å². The molecule has 0 saturated heterocycles. The molecule has 0 aliphatic carbocycles. The summed E-state index contributed by atoms with van der Waals surface area (Å²) >= 11 is 5.85. The Morgan fingerprint density at radius 2 is 1.18 bits per heavy atom. The van der Waals surface area contributed by atoms with E-state index in [2.05, 4.69) is 0 Å². The second kappa shape index (κ2) is 6.65. The quantitative estimate of drug-likeness (QED) is 0.716. The van der Waals surface area contributed by atoms with Gasteiger partial charge < -0.3 is 9.84 Å². The standard InChI is InChI=1S/C19H15ClO2/c20-16-8-12-18(13-9-16)22-17-10-6-15(7-11-17)19(21)14-4-2-1-3-5-14/h1-13,19,21H. The molecule has 0 spiro atoms. The Kier molecular flexibility index (Phi) is 4.42. The van der Waals surface area contributed by atoms with Gasteiger partial charge in [-0.05, 0) is 47.5 Å². The van der Waals surface area contributed by atoms with Gasteiger partial charge in [0.15, 0.2) is 0 Å². The Hall–Kier alpha value is -2.29. The third-order valence-electron chi connectivity index (χ3n) is 3.36. The summed E-state index contributed by atoms with van der Waals surface area (Å²) in [5.74, 6) is 1.44. The van der Waals surface area contributed by atoms with Crippen molar-refractivity contribution in [2.24, 2.45) is 0 Å². The van der Waals surface area contributed by atoms with Crippen LogP contribution in [0.2, 0.25) is 5.02 Å². The number of hydrogen-bond donors (Lipinski definition) is 1. The van der Waals surface area contributed by atoms with E-state index in [-0.39, 0.29) is 0 Å². The van der Waals surface area contributed by atoms with E-state index < -0.39 is 6.10 Å². The molecule has 22 heavy (non-hydrogen) atoms. The average Bonchev–Trinajstić information content (AvgIpc) is 2.58. The highest BCUT2D eigenvalue weighted by Gasteiger charge is 2.09. The van der Waals surface area contributed by atoms with E-state index in [1.165, 1.54) is 0 Å². The maximum absolute atomic E-state index is 10.3. The van der Waals surface area contributed by atoms with Crippen molar-refractivity contribution in [3.63, 3.8) is 0 Å². The molecule has 3 aromatic carbocycles. The Morgan fingerprint density at radius 3 is 1.77 bits per heavy atom. The number of benzene rings is 3. The minimum atomic E-state index is -0.634. The molecule has 0 saturated carbocycles. The molecule has 0 radical (unpaired) electrons. The van der Waals surface area contributed by atoms with E-state index in [1.807, 2.05) is 66.7 Å². The van der Waals surface area contributed by atoms with Crippen LogP contribution < -0.4 is 4.74 Å². The van der Waals surface area contributed by atoms with Gasteiger partial charge in [0.25, 0.3) is 0 Å². The Balaban J connectivity index is 1.74. The number of ether oxygens (including phenoxy) is 1. The summed E-state index contributed by atoms with van der Waals surface area (Å²) in [6, 6.07) is 24.2. The second-order valence-corrected chi connectivity index (χ2v) is 5.37. The molecule has 1 unspecified atom stereocenters. The zero-order chi connectivity index (χ0) is 15.4. The van der Waals surface area contributed by atoms with E-state index in [4.69, 9.17) is 16.3 Å². The summed E-state index contributed by atoms with van der Waals surface area (Å²) < 4.78 is 5.73. The molecule has 0 aromatic heterocycles. The summed E-state index contributed by atoms with van der Waals surface area (Å²) in [5, 5.41) is 11.0. The minimum Gasteiger partial charge on any atom is -0.457 e. The summed E-state index contributed by atoms with van der Waals surface area (Å²) in [4.78, 5) is 0. The minimum absolute atomic E-state index is 0.634. The highest BCUT2D eigenvalue weighted by Crippen LogP contribution is 2.27. The van der Waals surface area contributed by atoms with E-state index in [0.29, 0.717) is 10.8 Å². The summed E-state index contributed by atoms with van der Waals surface area (Å²) in [7, 11) is 0. The molecule has 3 heteroatoms. The fourth-order valence-electron chi connectivity index (χ4n) is 2.18. The van der Waals surface area contributed by atoms with Crippen LogP contribution in [0.4, 0.5) is 0 Å². The first kappa shape index (κ1) is 14.6. The van der Waals surface area contributed by atoms with Gasteiger partial charge in [-0.1, -0.05) is 54.1 Å². The molecule has 0 amide bonds. The van der Waals surface area contributed by atoms with Crippen LogP contribution in [0.3, 0.4) is 0 Å². The average molecular weight is 311 g/mol. The van der Waals surface area contributed by atoms with E-state index >= 15 is 0 Å². The molecule has 3 aromatic rings. The van der Waals surface area contributed by atoms with Crippen molar-refractivity contribution in [3.8, 4) is 11.5 Å². The van der Waals surface area contributed by atoms with Crippen LogP contribution >= 0.6 is 11.6 Å². The van der Waals surface area contributed by atoms with Crippen molar-refractivity contribution in [1.29, 1.82) is 0 Å². The van der Waals surface area contributed by atoms with Gasteiger partial charge in [-0.15, -0.1) is 0 Å². The highest BCUT2D eigenvalue weighted by molar-refractivity contribution is 6.30. The number of aliphatic hydroxyl groups is 1. The number of rotatable bonds is 4. The molecule has 0 aliphatic rings. The van der Waals surface area contributed by atoms with E-state index in [0.717, 1.165) is 16.9 Å². The van der Waals surface area contributed by atoms with E-state index in [1.54, 1.807) is 12.1 Å². The van der Waals surface area contributed by atoms with Gasteiger partial charge in [-0.3, -0.25) is 0 Å². The molecule has 0 aliphatic heterocycles. The van der Waals surface area contributed by atoms with Crippen molar-refractivity contribution in [1.82, 2.24) is 0 Å². The largest absolute Gasteiger partial charge is 0.457 e. The molecule has 2 nitrogen and oxygen atoms in total. The van der Waals surface area contributed by atoms with Gasteiger partial charge in [0.05, 0.1) is 0 Å². The zero-order valence-electron chi connectivity index (χ0n) is 11.8. The molecule has 3 rings (SSSR count). The molecular formula is C19H15ClO2. The van der Waals surface area contributed by atoms with Crippen LogP contribution in [-0.4, -0.2) is 5.11 Å². The molecule has 0 heterocycles. The molecule has 1 N–H and O–H groups in total. The van der Waals surface area contributed by atoms with Gasteiger partial charge in [0.1, 0.15) is 17.6 Å². The lowest BCUT2D eigenvalue weighted by Crippen LogP contribution is -1.98. The SMILES string of the molecule is OC(c1ccccc1)c1ccc(Oc2ccc(Cl)cc2)cc1. The topological polar surface area (TPSA) is 29.5 Å². The Morgan fingerprint density at radius 1 is 0.682 bits per heavy atom. The molecule has 1 atom stereocenters. The first-order valence-electron chi connectivity index (χ1n) is 6.99. The van der Waals surface area contributed by atoms with Crippen molar-refractivity contribution in [2.75, 3.05) is 0 Å². The molecular weight excluding hydrogens is 296 g/mol. The van der Waals surface area contributed by atoms with Crippen molar-refractivity contribution >= 4 is 11.6 Å². The van der Waals surface area contributed by atoms with Gasteiger partial charge in [-0.25, -0.2) is 0 Å². The maximum Gasteiger partial charge on any atom is 0.127 e. The van der Waals surface area contributed by atoms with Crippen LogP contribution in [0.1, 0.15) is 17.2 Å². The monoisotopic (exact) mass is 310 g/mol. The van der Waals surface area contributed by atoms with Crippen molar-refractivity contribution < 1.29 is 9.84 Å². The molecule has 0 fully saturated rings. The fraction of sp³-hybridized carbons (Fsp3) is 0.0526. The maximum atomic E-state index is 10.3. The lowest BCUT2D eigenvalue weighted by atomic mass is 10.0. The van der Waals surface area contributed by atoms with E-state index in [9.17, 15) is 5.11 Å². The molecule has 110 valence electrons. The van der Waals surface area contributed by atoms with Crippen molar-refractivity contribution in [2.45, 2.75) is 6.10 Å². The van der Waals surface area contributed by atoms with Crippen LogP contribution in [0.15, 0.2) is 78.9 Å². The zero-order valence-corrected chi connectivity index (χ0v) is 12.6. The first-order chi connectivity index (χ1) is 10.7. The summed E-state index contributed by atoms with van der Waals surface area (Å²) in [6.45, 7) is 0. The van der Waals surface area contributed by atoms with Gasteiger partial charge in [0.2, 0.25) is 0 Å². The highest BCUT2D eigenvalue weighted by atomic mass is 35.5. The third-order valence-corrected chi connectivity index (χ3v) is 3.61. The predicted molar refractivity (Wildman–Crippen MR) is 88.5 cm³/mol. The number of aliphatic hydroxyl groups excluding tert-OH is 1. The van der Waals surface area contributed by atoms with Crippen molar-refractivity contribution in [3.05, 3.63) is 95.0 Å². The summed E-state index contributed by atoms with van der Waals surface area (Å²) in [5.41, 5.74) is 1.70. The third kappa shape index (κ3) is 3.48. The lowest BCUT2D eigenvalue weighted by Gasteiger charge is -2.12. The second-order valence-electron chi connectivity index (χ2n) is 4.94. The normalized spacial score (nSPS) is 11.9. The first-order valence-corrected chi connectivity index (χ1v) is 7.36. The van der Waals surface area contributed by atoms with Crippen LogP contribution in [0.5, 0.6) is 11.5 Å². The fourth-order valence-corrected chi connectivity index (χ4v) is 2.31. The predicted octanol–water partition coefficient (Wildman–Crippen LogP) is 5.21. The number of hydrogen-bond acceptors (Lipinski definition) is 2. The summed E-state index contributed by atoms with van der Waals surface area (Å²) in [6.07, 6.45) is -0.634. The van der Waals surface area contributed by atoms with Crippen LogP contribution in [0.25, 0.3) is 0 Å². The van der Waals surface area contributed by atoms with Gasteiger partial charge in [-0.2, -0.15) is 0 Å². The molecule has 0 bridgehead atoms. The van der Waals surface area contributed by atoms with Gasteiger partial charge >= 0.3 is 0 Å². The Bertz CT molecular complexity index is 722. The van der Waals surface area contributed by atoms with Gasteiger partial charge in [0, 0.05) is 5.02 Å². The smallest absolute Gasteiger partial charge is 0.127 e. The lowest BCUT2D eigenvalue weighted by molar-refractivity contribution is 0.220. The van der Waals surface area contributed by atoms with Crippen LogP contribution in [0, 0.1) is 0 Å². The Labute approximate surface area is 134 Å². The number of halogens is 1.